The van der Waals surface area contributed by atoms with Crippen LogP contribution in [0, 0.1) is 5.82 Å². The number of halogens is 1. The van der Waals surface area contributed by atoms with Crippen LogP contribution in [0.4, 0.5) is 10.2 Å². The van der Waals surface area contributed by atoms with E-state index in [-0.39, 0.29) is 40.5 Å². The lowest BCUT2D eigenvalue weighted by atomic mass is 9.95. The first-order chi connectivity index (χ1) is 20.4. The number of nitrogens with zero attached hydrogens (tertiary/aromatic N) is 6. The summed E-state index contributed by atoms with van der Waals surface area (Å²) in [6.45, 7) is 7.37. The van der Waals surface area contributed by atoms with E-state index in [9.17, 15) is 9.90 Å². The van der Waals surface area contributed by atoms with Gasteiger partial charge < -0.3 is 19.6 Å². The van der Waals surface area contributed by atoms with E-state index in [4.69, 9.17) is 9.72 Å². The molecular formula is C32H37FN6O3. The Kier molecular flexibility index (Phi) is 6.76. The van der Waals surface area contributed by atoms with Gasteiger partial charge in [0.1, 0.15) is 29.4 Å². The molecule has 1 unspecified atom stereocenters. The first kappa shape index (κ1) is 27.1. The third kappa shape index (κ3) is 4.65. The molecule has 2 aromatic heterocycles. The molecule has 0 spiro atoms. The van der Waals surface area contributed by atoms with Crippen LogP contribution in [0.15, 0.2) is 37.1 Å². The summed E-state index contributed by atoms with van der Waals surface area (Å²) in [6.07, 6.45) is 10.2. The van der Waals surface area contributed by atoms with E-state index < -0.39 is 5.82 Å². The first-order valence-electron chi connectivity index (χ1n) is 15.1. The molecule has 220 valence electrons. The highest BCUT2D eigenvalue weighted by Gasteiger charge is 2.45. The van der Waals surface area contributed by atoms with Crippen molar-refractivity contribution >= 4 is 22.6 Å². The smallest absolute Gasteiger partial charge is 0.319 e. The van der Waals surface area contributed by atoms with Crippen molar-refractivity contribution in [2.24, 2.45) is 0 Å². The molecule has 1 aromatic carbocycles. The van der Waals surface area contributed by atoms with Crippen LogP contribution in [0.1, 0.15) is 56.4 Å². The molecule has 4 aliphatic rings. The van der Waals surface area contributed by atoms with E-state index in [0.29, 0.717) is 42.4 Å². The Bertz CT molecular complexity index is 1550. The summed E-state index contributed by atoms with van der Waals surface area (Å²) in [7, 11) is 1.92. The number of anilines is 1. The molecule has 0 radical (unpaired) electrons. The number of benzene rings is 1. The second-order valence-corrected chi connectivity index (χ2v) is 12.3. The van der Waals surface area contributed by atoms with E-state index >= 15 is 4.39 Å². The number of hydrogen-bond acceptors (Lipinski definition) is 8. The lowest BCUT2D eigenvalue weighted by molar-refractivity contribution is -0.125. The molecule has 1 aliphatic carbocycles. The number of likely N-dealkylation sites (N-methyl/N-ethyl adjacent to an activating group) is 1. The van der Waals surface area contributed by atoms with Crippen molar-refractivity contribution in [1.82, 2.24) is 24.8 Å². The Morgan fingerprint density at radius 1 is 1.21 bits per heavy atom. The lowest BCUT2D eigenvalue weighted by Gasteiger charge is -2.31. The number of aromatic nitrogens is 3. The van der Waals surface area contributed by atoms with Crippen LogP contribution in [0.3, 0.4) is 0 Å². The maximum atomic E-state index is 16.5. The number of phenols is 1. The molecule has 9 nitrogen and oxygen atoms in total. The predicted octanol–water partition coefficient (Wildman–Crippen LogP) is 4.64. The van der Waals surface area contributed by atoms with Crippen molar-refractivity contribution in [3.8, 4) is 23.0 Å². The molecule has 1 atom stereocenters. The Labute approximate surface area is 245 Å². The van der Waals surface area contributed by atoms with Crippen LogP contribution in [0.2, 0.25) is 0 Å². The number of rotatable bonds is 8. The summed E-state index contributed by atoms with van der Waals surface area (Å²) in [5.74, 6) is 0.274. The predicted molar refractivity (Wildman–Crippen MR) is 158 cm³/mol. The number of pyridine rings is 1. The van der Waals surface area contributed by atoms with Gasteiger partial charge in [-0.25, -0.2) is 4.39 Å². The number of carbonyl (C=O) groups is 1. The van der Waals surface area contributed by atoms with Crippen molar-refractivity contribution in [2.45, 2.75) is 62.4 Å². The molecule has 1 N–H and O–H groups in total. The van der Waals surface area contributed by atoms with E-state index in [1.807, 2.05) is 18.0 Å². The molecule has 7 rings (SSSR count). The minimum atomic E-state index is -0.557. The number of phenolic OH excluding ortho intramolecular Hbond substituents is 1. The first-order valence-corrected chi connectivity index (χ1v) is 15.1. The van der Waals surface area contributed by atoms with Gasteiger partial charge in [-0.05, 0) is 87.7 Å². The maximum Gasteiger partial charge on any atom is 0.319 e. The zero-order valence-corrected chi connectivity index (χ0v) is 24.1. The van der Waals surface area contributed by atoms with Crippen LogP contribution in [0.25, 0.3) is 22.2 Å². The Morgan fingerprint density at radius 2 is 2.00 bits per heavy atom. The second kappa shape index (κ2) is 10.5. The van der Waals surface area contributed by atoms with Crippen molar-refractivity contribution < 1.29 is 19.0 Å². The van der Waals surface area contributed by atoms with Gasteiger partial charge in [-0.1, -0.05) is 12.6 Å². The third-order valence-corrected chi connectivity index (χ3v) is 9.77. The number of fused-ring (bicyclic) bond motifs is 2. The highest BCUT2D eigenvalue weighted by atomic mass is 19.1. The topological polar surface area (TPSA) is 94.9 Å². The second-order valence-electron chi connectivity index (χ2n) is 12.3. The minimum Gasteiger partial charge on any atom is -0.508 e. The Morgan fingerprint density at radius 3 is 2.74 bits per heavy atom. The van der Waals surface area contributed by atoms with Crippen LogP contribution >= 0.6 is 0 Å². The summed E-state index contributed by atoms with van der Waals surface area (Å²) in [6, 6.07) is 5.23. The van der Waals surface area contributed by atoms with E-state index in [1.54, 1.807) is 23.2 Å². The highest BCUT2D eigenvalue weighted by Crippen LogP contribution is 2.46. The molecule has 3 aliphatic heterocycles. The van der Waals surface area contributed by atoms with Gasteiger partial charge in [0.15, 0.2) is 5.82 Å². The minimum absolute atomic E-state index is 0.00986. The number of likely N-dealkylation sites (tertiary alicyclic amines) is 1. The van der Waals surface area contributed by atoms with Crippen LogP contribution in [-0.2, 0) is 4.79 Å². The van der Waals surface area contributed by atoms with Crippen molar-refractivity contribution in [3.05, 3.63) is 48.4 Å². The fourth-order valence-corrected chi connectivity index (χ4v) is 7.26. The molecule has 4 fully saturated rings. The normalized spacial score (nSPS) is 21.6. The Hall–Kier alpha value is -3.79. The number of amides is 1. The van der Waals surface area contributed by atoms with E-state index in [1.165, 1.54) is 6.08 Å². The Balaban J connectivity index is 1.30. The number of carbonyl (C=O) groups excluding carboxylic acids is 1. The average molecular weight is 573 g/mol. The zero-order chi connectivity index (χ0) is 29.0. The van der Waals surface area contributed by atoms with Gasteiger partial charge in [0.05, 0.1) is 10.9 Å². The fourth-order valence-electron chi connectivity index (χ4n) is 7.26. The summed E-state index contributed by atoms with van der Waals surface area (Å²) in [4.78, 5) is 32.6. The van der Waals surface area contributed by atoms with E-state index in [0.717, 1.165) is 63.6 Å². The molecular weight excluding hydrogens is 535 g/mol. The quantitative estimate of drug-likeness (QED) is 0.390. The van der Waals surface area contributed by atoms with Gasteiger partial charge in [-0.15, -0.1) is 0 Å². The maximum absolute atomic E-state index is 16.5. The monoisotopic (exact) mass is 572 g/mol. The van der Waals surface area contributed by atoms with Crippen molar-refractivity contribution in [1.29, 1.82) is 0 Å². The summed E-state index contributed by atoms with van der Waals surface area (Å²) < 4.78 is 22.9. The van der Waals surface area contributed by atoms with E-state index in [2.05, 4.69) is 21.4 Å². The standard InChI is InChI=1S/C32H37FN6O3/c1-3-26(41)38-15-10-21(18-38)37(2)30-25-17-34-28(24-16-22(40)8-9-23(24)20-6-7-20)27(33)29(25)35-31(36-30)42-19-32-11-4-13-39(32)14-5-12-32/h3,8-9,16-17,20-21,40H,1,4-7,10-15,18-19H2,2H3. The van der Waals surface area contributed by atoms with Crippen molar-refractivity contribution in [2.75, 3.05) is 44.7 Å². The molecule has 1 saturated carbocycles. The number of aromatic hydroxyl groups is 1. The molecule has 10 heteroatoms. The third-order valence-electron chi connectivity index (χ3n) is 9.77. The SMILES string of the molecule is C=CC(=O)N1CCC(N(C)c2nc(OCC34CCCN3CCC4)nc3c(F)c(-c4cc(O)ccc4C4CC4)ncc23)C1. The van der Waals surface area contributed by atoms with Gasteiger partial charge in [0.25, 0.3) is 0 Å². The number of hydrogen-bond donors (Lipinski definition) is 1. The lowest BCUT2D eigenvalue weighted by Crippen LogP contribution is -2.43. The fraction of sp³-hybridized carbons (Fsp3) is 0.500. The largest absolute Gasteiger partial charge is 0.508 e. The molecule has 42 heavy (non-hydrogen) atoms. The van der Waals surface area contributed by atoms with Gasteiger partial charge in [0, 0.05) is 37.9 Å². The summed E-state index contributed by atoms with van der Waals surface area (Å²) in [5, 5.41) is 10.8. The number of ether oxygens (including phenoxy) is 1. The molecule has 1 amide bonds. The molecule has 3 saturated heterocycles. The van der Waals surface area contributed by atoms with Gasteiger partial charge in [-0.3, -0.25) is 14.7 Å². The summed E-state index contributed by atoms with van der Waals surface area (Å²) in [5.41, 5.74) is 1.87. The van der Waals surface area contributed by atoms with Gasteiger partial charge in [-0.2, -0.15) is 9.97 Å². The van der Waals surface area contributed by atoms with Crippen LogP contribution in [-0.4, -0.2) is 87.2 Å². The highest BCUT2D eigenvalue weighted by molar-refractivity contribution is 5.92. The average Bonchev–Trinajstić information content (AvgIpc) is 3.38. The molecule has 0 bridgehead atoms. The molecule has 5 heterocycles. The molecule has 3 aromatic rings. The van der Waals surface area contributed by atoms with Crippen LogP contribution < -0.4 is 9.64 Å². The summed E-state index contributed by atoms with van der Waals surface area (Å²) >= 11 is 0. The van der Waals surface area contributed by atoms with Crippen LogP contribution in [0.5, 0.6) is 11.8 Å². The van der Waals surface area contributed by atoms with Crippen molar-refractivity contribution in [3.63, 3.8) is 0 Å². The zero-order valence-electron chi connectivity index (χ0n) is 24.1. The van der Waals surface area contributed by atoms with Gasteiger partial charge >= 0.3 is 6.01 Å². The van der Waals surface area contributed by atoms with Gasteiger partial charge in [0.2, 0.25) is 5.91 Å².